The molecular formula is C13H18N4O3S2. The second-order valence-corrected chi connectivity index (χ2v) is 7.64. The van der Waals surface area contributed by atoms with Crippen LogP contribution >= 0.6 is 11.3 Å². The van der Waals surface area contributed by atoms with E-state index in [1.807, 2.05) is 13.8 Å². The highest BCUT2D eigenvalue weighted by molar-refractivity contribution is 7.91. The van der Waals surface area contributed by atoms with Gasteiger partial charge in [-0.25, -0.2) is 13.1 Å². The Morgan fingerprint density at radius 2 is 2.23 bits per heavy atom. The number of nitrogens with one attached hydrogen (secondary N) is 2. The van der Waals surface area contributed by atoms with Crippen molar-refractivity contribution in [2.75, 3.05) is 11.9 Å². The second-order valence-electron chi connectivity index (χ2n) is 4.70. The van der Waals surface area contributed by atoms with Gasteiger partial charge >= 0.3 is 0 Å². The molecule has 0 aromatic carbocycles. The summed E-state index contributed by atoms with van der Waals surface area (Å²) in [5.41, 5.74) is 0.941. The molecule has 9 heteroatoms. The maximum atomic E-state index is 11.9. The molecule has 0 saturated heterocycles. The highest BCUT2D eigenvalue weighted by atomic mass is 32.2. The van der Waals surface area contributed by atoms with Crippen LogP contribution in [0, 0.1) is 6.92 Å². The predicted octanol–water partition coefficient (Wildman–Crippen LogP) is 1.58. The third kappa shape index (κ3) is 4.15. The van der Waals surface area contributed by atoms with Crippen LogP contribution in [0.5, 0.6) is 0 Å². The minimum absolute atomic E-state index is 0.184. The number of aromatic nitrogens is 2. The normalized spacial score (nSPS) is 11.5. The summed E-state index contributed by atoms with van der Waals surface area (Å²) in [6.07, 6.45) is 0.941. The van der Waals surface area contributed by atoms with Crippen molar-refractivity contribution in [3.63, 3.8) is 0 Å². The maximum Gasteiger partial charge on any atom is 0.250 e. The standard InChI is InChI=1S/C13H18N4O3S2/c1-3-6-17-10(2)8-11(16-17)15-12(18)9-14-22(19,20)13-5-4-7-21-13/h4-5,7-8,14H,3,6,9H2,1-2H3,(H,15,16,18). The molecule has 0 bridgehead atoms. The maximum absolute atomic E-state index is 11.9. The molecule has 0 unspecified atom stereocenters. The summed E-state index contributed by atoms with van der Waals surface area (Å²) in [5.74, 6) is -0.0347. The van der Waals surface area contributed by atoms with E-state index >= 15 is 0 Å². The molecule has 7 nitrogen and oxygen atoms in total. The minimum atomic E-state index is -3.63. The quantitative estimate of drug-likeness (QED) is 0.799. The van der Waals surface area contributed by atoms with Gasteiger partial charge in [-0.1, -0.05) is 13.0 Å². The lowest BCUT2D eigenvalue weighted by Gasteiger charge is -2.04. The van der Waals surface area contributed by atoms with E-state index in [4.69, 9.17) is 0 Å². The highest BCUT2D eigenvalue weighted by Gasteiger charge is 2.16. The number of hydrogen-bond acceptors (Lipinski definition) is 5. The fourth-order valence-electron chi connectivity index (χ4n) is 1.84. The van der Waals surface area contributed by atoms with Crippen LogP contribution in [0.25, 0.3) is 0 Å². The second kappa shape index (κ2) is 7.03. The van der Waals surface area contributed by atoms with Gasteiger partial charge in [0.05, 0.1) is 6.54 Å². The van der Waals surface area contributed by atoms with Gasteiger partial charge < -0.3 is 5.32 Å². The van der Waals surface area contributed by atoms with Crippen molar-refractivity contribution in [1.29, 1.82) is 0 Å². The van der Waals surface area contributed by atoms with Crippen molar-refractivity contribution in [1.82, 2.24) is 14.5 Å². The first-order chi connectivity index (χ1) is 10.4. The Morgan fingerprint density at radius 1 is 1.45 bits per heavy atom. The minimum Gasteiger partial charge on any atom is -0.308 e. The molecule has 2 aromatic rings. The monoisotopic (exact) mass is 342 g/mol. The zero-order valence-electron chi connectivity index (χ0n) is 12.4. The Hall–Kier alpha value is -1.71. The van der Waals surface area contributed by atoms with Crippen molar-refractivity contribution in [2.24, 2.45) is 0 Å². The van der Waals surface area contributed by atoms with Gasteiger partial charge in [-0.3, -0.25) is 9.48 Å². The molecule has 2 N–H and O–H groups in total. The number of thiophene rings is 1. The smallest absolute Gasteiger partial charge is 0.250 e. The molecule has 120 valence electrons. The van der Waals surface area contributed by atoms with E-state index in [0.29, 0.717) is 5.82 Å². The number of aryl methyl sites for hydroxylation is 2. The Labute approximate surface area is 133 Å². The number of anilines is 1. The topological polar surface area (TPSA) is 93.1 Å². The SMILES string of the molecule is CCCn1nc(NC(=O)CNS(=O)(=O)c2cccs2)cc1C. The van der Waals surface area contributed by atoms with Crippen molar-refractivity contribution < 1.29 is 13.2 Å². The zero-order valence-corrected chi connectivity index (χ0v) is 14.0. The fraction of sp³-hybridized carbons (Fsp3) is 0.385. The van der Waals surface area contributed by atoms with Crippen LogP contribution in [0.4, 0.5) is 5.82 Å². The predicted molar refractivity (Wildman–Crippen MR) is 85.4 cm³/mol. The van der Waals surface area contributed by atoms with E-state index in [-0.39, 0.29) is 10.8 Å². The number of rotatable bonds is 7. The van der Waals surface area contributed by atoms with Gasteiger partial charge in [-0.05, 0) is 24.8 Å². The Morgan fingerprint density at radius 3 is 2.86 bits per heavy atom. The van der Waals surface area contributed by atoms with Crippen molar-refractivity contribution in [3.8, 4) is 0 Å². The van der Waals surface area contributed by atoms with Gasteiger partial charge in [-0.2, -0.15) is 5.10 Å². The molecule has 0 saturated carbocycles. The number of nitrogens with zero attached hydrogens (tertiary/aromatic N) is 2. The molecule has 2 heterocycles. The van der Waals surface area contributed by atoms with Crippen LogP contribution in [-0.4, -0.2) is 30.7 Å². The first-order valence-electron chi connectivity index (χ1n) is 6.80. The van der Waals surface area contributed by atoms with Crippen LogP contribution in [0.2, 0.25) is 0 Å². The molecular weight excluding hydrogens is 324 g/mol. The lowest BCUT2D eigenvalue weighted by atomic mass is 10.4. The summed E-state index contributed by atoms with van der Waals surface area (Å²) in [5, 5.41) is 8.49. The number of amides is 1. The molecule has 0 atom stereocenters. The third-order valence-corrected chi connectivity index (χ3v) is 5.67. The molecule has 0 aliphatic carbocycles. The van der Waals surface area contributed by atoms with Crippen LogP contribution in [0.1, 0.15) is 19.0 Å². The Bertz CT molecular complexity index is 735. The Kier molecular flexibility index (Phi) is 5.33. The van der Waals surface area contributed by atoms with Gasteiger partial charge in [0.1, 0.15) is 4.21 Å². The van der Waals surface area contributed by atoms with Crippen molar-refractivity contribution >= 4 is 33.1 Å². The summed E-state index contributed by atoms with van der Waals surface area (Å²) < 4.78 is 28.0. The van der Waals surface area contributed by atoms with E-state index in [1.165, 1.54) is 6.07 Å². The number of carbonyl (C=O) groups excluding carboxylic acids is 1. The molecule has 0 aliphatic heterocycles. The summed E-state index contributed by atoms with van der Waals surface area (Å²) in [4.78, 5) is 11.8. The number of sulfonamides is 1. The third-order valence-electron chi connectivity index (χ3n) is 2.87. The Balaban J connectivity index is 1.92. The first-order valence-corrected chi connectivity index (χ1v) is 9.16. The fourth-order valence-corrected chi connectivity index (χ4v) is 3.86. The first kappa shape index (κ1) is 16.7. The van der Waals surface area contributed by atoms with E-state index < -0.39 is 15.9 Å². The molecule has 2 rings (SSSR count). The molecule has 22 heavy (non-hydrogen) atoms. The summed E-state index contributed by atoms with van der Waals surface area (Å²) in [6, 6.07) is 4.88. The van der Waals surface area contributed by atoms with Gasteiger partial charge in [0.25, 0.3) is 10.0 Å². The summed E-state index contributed by atoms with van der Waals surface area (Å²) >= 11 is 1.10. The molecule has 0 spiro atoms. The zero-order chi connectivity index (χ0) is 16.2. The lowest BCUT2D eigenvalue weighted by molar-refractivity contribution is -0.115. The van der Waals surface area contributed by atoms with Crippen molar-refractivity contribution in [3.05, 3.63) is 29.3 Å². The number of carbonyl (C=O) groups is 1. The molecule has 1 amide bonds. The van der Waals surface area contributed by atoms with Crippen LogP contribution in [0.3, 0.4) is 0 Å². The lowest BCUT2D eigenvalue weighted by Crippen LogP contribution is -2.32. The van der Waals surface area contributed by atoms with Crippen LogP contribution < -0.4 is 10.0 Å². The highest BCUT2D eigenvalue weighted by Crippen LogP contribution is 2.15. The van der Waals surface area contributed by atoms with Crippen LogP contribution in [0.15, 0.2) is 27.8 Å². The summed E-state index contributed by atoms with van der Waals surface area (Å²) in [6.45, 7) is 4.38. The molecule has 2 aromatic heterocycles. The average molecular weight is 342 g/mol. The molecule has 0 aliphatic rings. The van der Waals surface area contributed by atoms with Gasteiger partial charge in [0.2, 0.25) is 5.91 Å². The van der Waals surface area contributed by atoms with E-state index in [2.05, 4.69) is 15.1 Å². The van der Waals surface area contributed by atoms with Gasteiger partial charge in [0.15, 0.2) is 5.82 Å². The van der Waals surface area contributed by atoms with Crippen LogP contribution in [-0.2, 0) is 21.4 Å². The van der Waals surface area contributed by atoms with Crippen molar-refractivity contribution in [2.45, 2.75) is 31.0 Å². The largest absolute Gasteiger partial charge is 0.308 e. The summed E-state index contributed by atoms with van der Waals surface area (Å²) in [7, 11) is -3.63. The van der Waals surface area contributed by atoms with E-state index in [1.54, 1.807) is 22.2 Å². The number of hydrogen-bond donors (Lipinski definition) is 2. The van der Waals surface area contributed by atoms with E-state index in [9.17, 15) is 13.2 Å². The van der Waals surface area contributed by atoms with Gasteiger partial charge in [0, 0.05) is 18.3 Å². The van der Waals surface area contributed by atoms with Gasteiger partial charge in [-0.15, -0.1) is 11.3 Å². The molecule has 0 radical (unpaired) electrons. The average Bonchev–Trinajstić information content (AvgIpc) is 3.09. The van der Waals surface area contributed by atoms with E-state index in [0.717, 1.165) is 30.0 Å². The molecule has 0 fully saturated rings.